The van der Waals surface area contributed by atoms with Crippen molar-refractivity contribution in [3.05, 3.63) is 28.3 Å². The summed E-state index contributed by atoms with van der Waals surface area (Å²) in [5, 5.41) is 1.89. The van der Waals surface area contributed by atoms with Crippen LogP contribution in [0.1, 0.15) is 0 Å². The van der Waals surface area contributed by atoms with Crippen LogP contribution in [0.2, 0.25) is 0 Å². The monoisotopic (exact) mass is 480 g/mol. The van der Waals surface area contributed by atoms with Crippen molar-refractivity contribution >= 4 is 53.5 Å². The van der Waals surface area contributed by atoms with Crippen LogP contribution in [0.5, 0.6) is 11.6 Å². The highest BCUT2D eigenvalue weighted by Crippen LogP contribution is 2.31. The van der Waals surface area contributed by atoms with E-state index in [1.54, 1.807) is 12.1 Å². The molecule has 0 radical (unpaired) electrons. The number of alkyl halides is 2. The molecule has 0 unspecified atom stereocenters. The third kappa shape index (κ3) is 4.42. The number of fused-ring (bicyclic) bond motifs is 1. The summed E-state index contributed by atoms with van der Waals surface area (Å²) in [6.45, 7) is -0.867. The molecule has 3 heterocycles. The van der Waals surface area contributed by atoms with Gasteiger partial charge in [0.25, 0.3) is 22.3 Å². The molecule has 0 aromatic carbocycles. The molecule has 0 fully saturated rings. The first-order chi connectivity index (χ1) is 12.8. The van der Waals surface area contributed by atoms with E-state index in [1.165, 1.54) is 23.8 Å². The lowest BCUT2D eigenvalue weighted by atomic mass is 10.3. The fourth-order valence-corrected chi connectivity index (χ4v) is 4.90. The van der Waals surface area contributed by atoms with Crippen molar-refractivity contribution < 1.29 is 26.7 Å². The lowest BCUT2D eigenvalue weighted by Crippen LogP contribution is -2.15. The Balaban J connectivity index is 1.88. The zero-order chi connectivity index (χ0) is 19.6. The first kappa shape index (κ1) is 19.6. The molecule has 0 bridgehead atoms. The average Bonchev–Trinajstić information content (AvgIpc) is 3.04. The Kier molecular flexibility index (Phi) is 5.72. The molecule has 0 aliphatic heterocycles. The van der Waals surface area contributed by atoms with Crippen molar-refractivity contribution in [2.75, 3.05) is 18.4 Å². The van der Waals surface area contributed by atoms with Gasteiger partial charge in [0.15, 0.2) is 5.75 Å². The van der Waals surface area contributed by atoms with Gasteiger partial charge in [0, 0.05) is 10.8 Å². The molecular formula is C14H11BrF2N4O4S2. The van der Waals surface area contributed by atoms with Gasteiger partial charge >= 0.3 is 0 Å². The van der Waals surface area contributed by atoms with E-state index in [-0.39, 0.29) is 22.5 Å². The summed E-state index contributed by atoms with van der Waals surface area (Å²) in [5.41, 5.74) is 0. The summed E-state index contributed by atoms with van der Waals surface area (Å²) in [4.78, 5) is 12.4. The fraction of sp³-hybridized carbons (Fsp3) is 0.214. The number of pyridine rings is 1. The molecule has 0 saturated heterocycles. The van der Waals surface area contributed by atoms with Crippen molar-refractivity contribution in [3.8, 4) is 11.6 Å². The normalized spacial score (nSPS) is 11.7. The van der Waals surface area contributed by atoms with E-state index in [0.717, 1.165) is 6.20 Å². The Bertz CT molecular complexity index is 1080. The molecule has 27 heavy (non-hydrogen) atoms. The second-order valence-corrected chi connectivity index (χ2v) is 8.28. The fourth-order valence-electron chi connectivity index (χ4n) is 2.05. The number of ether oxygens (including phenoxy) is 2. The summed E-state index contributed by atoms with van der Waals surface area (Å²) < 4.78 is 62.4. The Hall–Kier alpha value is -2.12. The highest BCUT2D eigenvalue weighted by atomic mass is 79.9. The van der Waals surface area contributed by atoms with Crippen LogP contribution in [0.4, 0.5) is 14.7 Å². The number of rotatable bonds is 7. The van der Waals surface area contributed by atoms with Crippen molar-refractivity contribution in [1.82, 2.24) is 15.0 Å². The molecule has 3 aromatic heterocycles. The van der Waals surface area contributed by atoms with E-state index in [1.807, 2.05) is 0 Å². The number of nitrogens with zero attached hydrogens (tertiary/aromatic N) is 3. The molecule has 144 valence electrons. The second kappa shape index (κ2) is 7.86. The number of anilines is 1. The van der Waals surface area contributed by atoms with Gasteiger partial charge in [-0.05, 0) is 28.1 Å². The van der Waals surface area contributed by atoms with E-state index in [9.17, 15) is 17.2 Å². The second-order valence-electron chi connectivity index (χ2n) is 4.96. The SMILES string of the molecule is COc1nc(NS(=O)(=O)c2csc3nc(Br)ccc23)ncc1OCC(F)F. The standard InChI is InChI=1S/C14H11BrF2N4O4S2/c1-24-12-8(25-5-11(16)17)4-18-14(20-12)21-27(22,23)9-6-26-13-7(9)2-3-10(15)19-13/h2-4,6,11H,5H2,1H3,(H,18,20,21). The molecule has 3 rings (SSSR count). The van der Waals surface area contributed by atoms with Crippen LogP contribution in [0, 0.1) is 0 Å². The molecule has 13 heteroatoms. The zero-order valence-corrected chi connectivity index (χ0v) is 16.7. The van der Waals surface area contributed by atoms with Gasteiger partial charge in [-0.2, -0.15) is 4.98 Å². The number of sulfonamides is 1. The number of methoxy groups -OCH3 is 1. The third-order valence-corrected chi connectivity index (χ3v) is 6.01. The first-order valence-corrected chi connectivity index (χ1v) is 10.3. The van der Waals surface area contributed by atoms with Crippen LogP contribution in [0.15, 0.2) is 33.2 Å². The number of hydrogen-bond donors (Lipinski definition) is 1. The van der Waals surface area contributed by atoms with Crippen LogP contribution >= 0.6 is 27.3 Å². The van der Waals surface area contributed by atoms with Gasteiger partial charge in [0.05, 0.1) is 13.3 Å². The molecule has 8 nitrogen and oxygen atoms in total. The quantitative estimate of drug-likeness (QED) is 0.517. The molecular weight excluding hydrogens is 470 g/mol. The minimum atomic E-state index is -4.01. The summed E-state index contributed by atoms with van der Waals surface area (Å²) in [5.74, 6) is -0.597. The van der Waals surface area contributed by atoms with Gasteiger partial charge in [0.1, 0.15) is 20.9 Å². The van der Waals surface area contributed by atoms with Crippen molar-refractivity contribution in [1.29, 1.82) is 0 Å². The summed E-state index contributed by atoms with van der Waals surface area (Å²) in [6, 6.07) is 3.25. The Labute approximate surface area is 164 Å². The average molecular weight is 481 g/mol. The van der Waals surface area contributed by atoms with Crippen molar-refractivity contribution in [3.63, 3.8) is 0 Å². The van der Waals surface area contributed by atoms with E-state index < -0.39 is 23.1 Å². The lowest BCUT2D eigenvalue weighted by molar-refractivity contribution is 0.0799. The van der Waals surface area contributed by atoms with Crippen LogP contribution in [-0.2, 0) is 10.0 Å². The number of thiophene rings is 1. The van der Waals surface area contributed by atoms with Gasteiger partial charge < -0.3 is 9.47 Å². The Morgan fingerprint density at radius 1 is 1.33 bits per heavy atom. The van der Waals surface area contributed by atoms with Crippen LogP contribution < -0.4 is 14.2 Å². The number of halogens is 3. The molecule has 3 aromatic rings. The molecule has 0 spiro atoms. The number of hydrogen-bond acceptors (Lipinski definition) is 8. The van der Waals surface area contributed by atoms with E-state index in [4.69, 9.17) is 9.47 Å². The largest absolute Gasteiger partial charge is 0.481 e. The first-order valence-electron chi connectivity index (χ1n) is 7.18. The smallest absolute Gasteiger partial charge is 0.272 e. The van der Waals surface area contributed by atoms with Gasteiger partial charge in [-0.25, -0.2) is 31.9 Å². The minimum absolute atomic E-state index is 0.0168. The third-order valence-electron chi connectivity index (χ3n) is 3.17. The highest BCUT2D eigenvalue weighted by Gasteiger charge is 2.22. The molecule has 1 N–H and O–H groups in total. The van der Waals surface area contributed by atoms with E-state index in [2.05, 4.69) is 35.6 Å². The maximum Gasteiger partial charge on any atom is 0.272 e. The number of aromatic nitrogens is 3. The zero-order valence-electron chi connectivity index (χ0n) is 13.5. The predicted molar refractivity (Wildman–Crippen MR) is 98.2 cm³/mol. The Morgan fingerprint density at radius 3 is 2.81 bits per heavy atom. The lowest BCUT2D eigenvalue weighted by Gasteiger charge is -2.11. The van der Waals surface area contributed by atoms with E-state index in [0.29, 0.717) is 14.8 Å². The summed E-state index contributed by atoms with van der Waals surface area (Å²) >= 11 is 4.40. The topological polar surface area (TPSA) is 103 Å². The minimum Gasteiger partial charge on any atom is -0.481 e. The summed E-state index contributed by atoms with van der Waals surface area (Å²) in [6.07, 6.45) is -1.63. The molecule has 0 aliphatic carbocycles. The van der Waals surface area contributed by atoms with Crippen molar-refractivity contribution in [2.24, 2.45) is 0 Å². The van der Waals surface area contributed by atoms with Crippen LogP contribution in [-0.4, -0.2) is 43.5 Å². The molecule has 0 aliphatic rings. The predicted octanol–water partition coefficient (Wildman–Crippen LogP) is 3.30. The molecule has 0 amide bonds. The molecule has 0 atom stereocenters. The Morgan fingerprint density at radius 2 is 2.11 bits per heavy atom. The van der Waals surface area contributed by atoms with Gasteiger partial charge in [-0.15, -0.1) is 11.3 Å². The maximum absolute atomic E-state index is 12.7. The number of nitrogens with one attached hydrogen (secondary N) is 1. The maximum atomic E-state index is 12.7. The van der Waals surface area contributed by atoms with Crippen molar-refractivity contribution in [2.45, 2.75) is 11.3 Å². The summed E-state index contributed by atoms with van der Waals surface area (Å²) in [7, 11) is -2.77. The van der Waals surface area contributed by atoms with Crippen LogP contribution in [0.25, 0.3) is 10.2 Å². The van der Waals surface area contributed by atoms with Gasteiger partial charge in [-0.1, -0.05) is 0 Å². The molecule has 0 saturated carbocycles. The van der Waals surface area contributed by atoms with Gasteiger partial charge in [0.2, 0.25) is 5.95 Å². The van der Waals surface area contributed by atoms with Crippen LogP contribution in [0.3, 0.4) is 0 Å². The van der Waals surface area contributed by atoms with E-state index >= 15 is 0 Å². The highest BCUT2D eigenvalue weighted by molar-refractivity contribution is 9.10. The van der Waals surface area contributed by atoms with Gasteiger partial charge in [-0.3, -0.25) is 0 Å².